The van der Waals surface area contributed by atoms with Gasteiger partial charge in [-0.15, -0.1) is 0 Å². The van der Waals surface area contributed by atoms with E-state index in [1.807, 2.05) is 25.1 Å². The van der Waals surface area contributed by atoms with Crippen molar-refractivity contribution < 1.29 is 17.9 Å². The van der Waals surface area contributed by atoms with E-state index in [0.29, 0.717) is 28.2 Å². The molecule has 0 saturated carbocycles. The van der Waals surface area contributed by atoms with Crippen molar-refractivity contribution in [2.24, 2.45) is 0 Å². The highest BCUT2D eigenvalue weighted by Crippen LogP contribution is 2.33. The van der Waals surface area contributed by atoms with Gasteiger partial charge in [-0.25, -0.2) is 4.98 Å². The molecule has 0 atom stereocenters. The number of fused-ring (bicyclic) bond motifs is 1. The van der Waals surface area contributed by atoms with Crippen LogP contribution in [0, 0.1) is 6.92 Å². The Bertz CT molecular complexity index is 837. The van der Waals surface area contributed by atoms with Crippen molar-refractivity contribution in [3.63, 3.8) is 0 Å². The van der Waals surface area contributed by atoms with E-state index < -0.39 is 11.7 Å². The van der Waals surface area contributed by atoms with Crippen LogP contribution in [0.3, 0.4) is 0 Å². The minimum atomic E-state index is -4.37. The zero-order valence-electron chi connectivity index (χ0n) is 12.0. The Kier molecular flexibility index (Phi) is 3.31. The molecule has 0 unspecified atom stereocenters. The molecule has 1 N–H and O–H groups in total. The Balaban J connectivity index is 2.13. The summed E-state index contributed by atoms with van der Waals surface area (Å²) in [6.07, 6.45) is -4.37. The molecular weight excluding hydrogens is 293 g/mol. The quantitative estimate of drug-likeness (QED) is 0.753. The molecule has 3 aromatic rings. The third-order valence-corrected chi connectivity index (χ3v) is 3.42. The van der Waals surface area contributed by atoms with Gasteiger partial charge in [0.05, 0.1) is 29.3 Å². The minimum Gasteiger partial charge on any atom is -0.496 e. The highest BCUT2D eigenvalue weighted by Gasteiger charge is 2.30. The largest absolute Gasteiger partial charge is 0.496 e. The van der Waals surface area contributed by atoms with Crippen molar-refractivity contribution in [3.8, 4) is 17.1 Å². The summed E-state index contributed by atoms with van der Waals surface area (Å²) < 4.78 is 43.6. The molecule has 0 aliphatic carbocycles. The van der Waals surface area contributed by atoms with Crippen LogP contribution < -0.4 is 4.74 Å². The van der Waals surface area contributed by atoms with E-state index >= 15 is 0 Å². The summed E-state index contributed by atoms with van der Waals surface area (Å²) in [5.41, 5.74) is 1.85. The van der Waals surface area contributed by atoms with Crippen molar-refractivity contribution in [1.29, 1.82) is 0 Å². The molecule has 0 aliphatic rings. The number of alkyl halides is 3. The van der Waals surface area contributed by atoms with Gasteiger partial charge in [-0.3, -0.25) is 0 Å². The number of nitrogens with zero attached hydrogens (tertiary/aromatic N) is 1. The van der Waals surface area contributed by atoms with E-state index in [0.717, 1.165) is 17.7 Å². The number of hydrogen-bond acceptors (Lipinski definition) is 2. The van der Waals surface area contributed by atoms with Gasteiger partial charge in [0.15, 0.2) is 0 Å². The molecule has 1 heterocycles. The van der Waals surface area contributed by atoms with Crippen LogP contribution in [0.4, 0.5) is 13.2 Å². The van der Waals surface area contributed by atoms with Gasteiger partial charge in [-0.1, -0.05) is 6.07 Å². The summed E-state index contributed by atoms with van der Waals surface area (Å²) in [4.78, 5) is 7.27. The molecule has 3 nitrogen and oxygen atoms in total. The summed E-state index contributed by atoms with van der Waals surface area (Å²) in [7, 11) is 1.54. The number of hydrogen-bond donors (Lipinski definition) is 1. The van der Waals surface area contributed by atoms with E-state index in [-0.39, 0.29) is 0 Å². The second kappa shape index (κ2) is 5.05. The maximum absolute atomic E-state index is 12.8. The first-order chi connectivity index (χ1) is 10.4. The third kappa shape index (κ3) is 2.52. The monoisotopic (exact) mass is 306 g/mol. The number of imidazole rings is 1. The summed E-state index contributed by atoms with van der Waals surface area (Å²) in [6.45, 7) is 1.93. The van der Waals surface area contributed by atoms with Crippen molar-refractivity contribution in [2.45, 2.75) is 13.1 Å². The Morgan fingerprint density at radius 1 is 1.09 bits per heavy atom. The van der Waals surface area contributed by atoms with Gasteiger partial charge in [-0.2, -0.15) is 13.2 Å². The Morgan fingerprint density at radius 2 is 1.86 bits per heavy atom. The highest BCUT2D eigenvalue weighted by atomic mass is 19.4. The maximum atomic E-state index is 12.8. The molecule has 0 spiro atoms. The van der Waals surface area contributed by atoms with Gasteiger partial charge < -0.3 is 9.72 Å². The Labute approximate surface area is 124 Å². The molecule has 0 saturated heterocycles. The van der Waals surface area contributed by atoms with E-state index in [2.05, 4.69) is 9.97 Å². The number of benzene rings is 2. The molecule has 3 rings (SSSR count). The number of ether oxygens (including phenoxy) is 1. The first-order valence-electron chi connectivity index (χ1n) is 6.60. The van der Waals surface area contributed by atoms with Crippen molar-refractivity contribution in [2.75, 3.05) is 7.11 Å². The van der Waals surface area contributed by atoms with E-state index in [9.17, 15) is 13.2 Å². The number of nitrogens with one attached hydrogen (secondary N) is 1. The van der Waals surface area contributed by atoms with Gasteiger partial charge in [0, 0.05) is 0 Å². The van der Waals surface area contributed by atoms with Crippen LogP contribution in [0.25, 0.3) is 22.4 Å². The average Bonchev–Trinajstić information content (AvgIpc) is 2.88. The molecule has 0 aliphatic heterocycles. The lowest BCUT2D eigenvalue weighted by atomic mass is 10.1. The standard InChI is InChI=1S/C16H13F3N2O/c1-9-3-5-11(14(7-9)22-2)15-20-12-6-4-10(16(17,18)19)8-13(12)21-15/h3-8H,1-2H3,(H,20,21). The van der Waals surface area contributed by atoms with Crippen LogP contribution >= 0.6 is 0 Å². The first kappa shape index (κ1) is 14.4. The SMILES string of the molecule is COc1cc(C)ccc1-c1nc2ccc(C(F)(F)F)cc2[nH]1. The number of halogens is 3. The fourth-order valence-corrected chi connectivity index (χ4v) is 2.31. The Morgan fingerprint density at radius 3 is 2.55 bits per heavy atom. The van der Waals surface area contributed by atoms with Gasteiger partial charge in [0.1, 0.15) is 11.6 Å². The van der Waals surface area contributed by atoms with Gasteiger partial charge in [0.25, 0.3) is 0 Å². The van der Waals surface area contributed by atoms with Crippen LogP contribution in [0.15, 0.2) is 36.4 Å². The smallest absolute Gasteiger partial charge is 0.416 e. The molecule has 22 heavy (non-hydrogen) atoms. The van der Waals surface area contributed by atoms with Gasteiger partial charge in [0.2, 0.25) is 0 Å². The van der Waals surface area contributed by atoms with Crippen LogP contribution in [0.5, 0.6) is 5.75 Å². The fourth-order valence-electron chi connectivity index (χ4n) is 2.31. The van der Waals surface area contributed by atoms with Crippen LogP contribution in [0.2, 0.25) is 0 Å². The van der Waals surface area contributed by atoms with Crippen molar-refractivity contribution in [3.05, 3.63) is 47.5 Å². The van der Waals surface area contributed by atoms with E-state index in [1.54, 1.807) is 7.11 Å². The Hall–Kier alpha value is -2.50. The predicted octanol–water partition coefficient (Wildman–Crippen LogP) is 4.57. The molecule has 0 amide bonds. The normalized spacial score (nSPS) is 11.9. The molecule has 114 valence electrons. The zero-order chi connectivity index (χ0) is 15.9. The first-order valence-corrected chi connectivity index (χ1v) is 6.60. The lowest BCUT2D eigenvalue weighted by Crippen LogP contribution is -2.04. The number of aryl methyl sites for hydroxylation is 1. The van der Waals surface area contributed by atoms with Crippen LogP contribution in [-0.2, 0) is 6.18 Å². The third-order valence-electron chi connectivity index (χ3n) is 3.42. The molecule has 2 aromatic carbocycles. The highest BCUT2D eigenvalue weighted by molar-refractivity contribution is 5.81. The van der Waals surface area contributed by atoms with Crippen LogP contribution in [0.1, 0.15) is 11.1 Å². The predicted molar refractivity (Wildman–Crippen MR) is 77.8 cm³/mol. The summed E-state index contributed by atoms with van der Waals surface area (Å²) in [6, 6.07) is 9.02. The summed E-state index contributed by atoms with van der Waals surface area (Å²) >= 11 is 0. The topological polar surface area (TPSA) is 37.9 Å². The number of H-pyrrole nitrogens is 1. The van der Waals surface area contributed by atoms with E-state index in [1.165, 1.54) is 6.07 Å². The molecule has 0 radical (unpaired) electrons. The van der Waals surface area contributed by atoms with E-state index in [4.69, 9.17) is 4.74 Å². The number of aromatic nitrogens is 2. The second-order valence-corrected chi connectivity index (χ2v) is 5.02. The minimum absolute atomic E-state index is 0.340. The fraction of sp³-hybridized carbons (Fsp3) is 0.188. The van der Waals surface area contributed by atoms with Crippen molar-refractivity contribution >= 4 is 11.0 Å². The van der Waals surface area contributed by atoms with Gasteiger partial charge >= 0.3 is 6.18 Å². The molecule has 1 aromatic heterocycles. The number of methoxy groups -OCH3 is 1. The summed E-state index contributed by atoms with van der Waals surface area (Å²) in [5.74, 6) is 1.10. The number of aromatic amines is 1. The zero-order valence-corrected chi connectivity index (χ0v) is 12.0. The molecular formula is C16H13F3N2O. The molecule has 0 fully saturated rings. The maximum Gasteiger partial charge on any atom is 0.416 e. The molecule has 6 heteroatoms. The lowest BCUT2D eigenvalue weighted by molar-refractivity contribution is -0.137. The number of rotatable bonds is 2. The average molecular weight is 306 g/mol. The molecule has 0 bridgehead atoms. The second-order valence-electron chi connectivity index (χ2n) is 5.02. The van der Waals surface area contributed by atoms with Gasteiger partial charge in [-0.05, 0) is 42.8 Å². The summed E-state index contributed by atoms with van der Waals surface area (Å²) in [5, 5.41) is 0. The lowest BCUT2D eigenvalue weighted by Gasteiger charge is -2.06. The van der Waals surface area contributed by atoms with Crippen molar-refractivity contribution in [1.82, 2.24) is 9.97 Å². The van der Waals surface area contributed by atoms with Crippen LogP contribution in [-0.4, -0.2) is 17.1 Å².